The van der Waals surface area contributed by atoms with E-state index in [1.54, 1.807) is 17.5 Å². The number of hydrogen-bond acceptors (Lipinski definition) is 3. The Morgan fingerprint density at radius 2 is 2.20 bits per heavy atom. The van der Waals surface area contributed by atoms with Crippen LogP contribution in [0.3, 0.4) is 0 Å². The molecule has 2 aromatic rings. The second-order valence-electron chi connectivity index (χ2n) is 3.01. The molecule has 0 aliphatic heterocycles. The molecular formula is C10H8BrClN2S. The third kappa shape index (κ3) is 2.39. The molecule has 0 spiro atoms. The lowest BCUT2D eigenvalue weighted by Gasteiger charge is -2.09. The van der Waals surface area contributed by atoms with Crippen LogP contribution < -0.4 is 5.73 Å². The minimum Gasteiger partial charge on any atom is -0.318 e. The van der Waals surface area contributed by atoms with Crippen molar-refractivity contribution in [3.05, 3.63) is 49.8 Å². The molecule has 0 saturated heterocycles. The van der Waals surface area contributed by atoms with Gasteiger partial charge in [0.15, 0.2) is 0 Å². The topological polar surface area (TPSA) is 38.9 Å². The van der Waals surface area contributed by atoms with Gasteiger partial charge in [-0.15, -0.1) is 11.3 Å². The number of rotatable bonds is 2. The minimum atomic E-state index is -0.245. The van der Waals surface area contributed by atoms with Crippen LogP contribution >= 0.6 is 38.9 Å². The van der Waals surface area contributed by atoms with Crippen molar-refractivity contribution in [2.24, 2.45) is 5.73 Å². The molecule has 2 heterocycles. The Labute approximate surface area is 105 Å². The molecule has 0 saturated carbocycles. The number of halogens is 2. The predicted octanol–water partition coefficient (Wildman–Crippen LogP) is 3.61. The molecule has 0 amide bonds. The van der Waals surface area contributed by atoms with Gasteiger partial charge in [-0.2, -0.15) is 0 Å². The van der Waals surface area contributed by atoms with Crippen LogP contribution in [0.15, 0.2) is 34.2 Å². The molecule has 1 unspecified atom stereocenters. The Morgan fingerprint density at radius 3 is 2.73 bits per heavy atom. The van der Waals surface area contributed by atoms with E-state index in [9.17, 15) is 0 Å². The summed E-state index contributed by atoms with van der Waals surface area (Å²) in [5, 5.41) is 2.63. The zero-order valence-corrected chi connectivity index (χ0v) is 10.8. The number of nitrogens with two attached hydrogens (primary N) is 1. The van der Waals surface area contributed by atoms with E-state index in [1.807, 2.05) is 23.6 Å². The quantitative estimate of drug-likeness (QED) is 0.920. The summed E-state index contributed by atoms with van der Waals surface area (Å²) in [5.74, 6) is 0. The summed E-state index contributed by atoms with van der Waals surface area (Å²) in [6, 6.07) is 5.42. The van der Waals surface area contributed by atoms with Crippen molar-refractivity contribution in [2.45, 2.75) is 6.04 Å². The molecule has 0 fully saturated rings. The Morgan fingerprint density at radius 1 is 1.40 bits per heavy atom. The van der Waals surface area contributed by atoms with Crippen LogP contribution in [0.25, 0.3) is 0 Å². The van der Waals surface area contributed by atoms with Gasteiger partial charge in [0, 0.05) is 15.5 Å². The average Bonchev–Trinajstić information content (AvgIpc) is 2.65. The fourth-order valence-corrected chi connectivity index (χ4v) is 2.66. The highest BCUT2D eigenvalue weighted by atomic mass is 79.9. The van der Waals surface area contributed by atoms with Crippen LogP contribution in [0.1, 0.15) is 16.6 Å². The molecule has 0 aliphatic rings. The molecule has 2 N–H and O–H groups in total. The predicted molar refractivity (Wildman–Crippen MR) is 67.3 cm³/mol. The van der Waals surface area contributed by atoms with E-state index >= 15 is 0 Å². The first-order chi connectivity index (χ1) is 7.18. The van der Waals surface area contributed by atoms with Crippen molar-refractivity contribution in [3.8, 4) is 0 Å². The van der Waals surface area contributed by atoms with Crippen LogP contribution in [0.5, 0.6) is 0 Å². The molecule has 2 rings (SSSR count). The SMILES string of the molecule is NC(c1ccc(Br)cn1)c1sccc1Cl. The maximum absolute atomic E-state index is 6.06. The van der Waals surface area contributed by atoms with Gasteiger partial charge in [0.2, 0.25) is 0 Å². The minimum absolute atomic E-state index is 0.245. The van der Waals surface area contributed by atoms with Crippen molar-refractivity contribution < 1.29 is 0 Å². The number of hydrogen-bond donors (Lipinski definition) is 1. The highest BCUT2D eigenvalue weighted by Gasteiger charge is 2.14. The summed E-state index contributed by atoms with van der Waals surface area (Å²) in [6.45, 7) is 0. The number of thiophene rings is 1. The zero-order chi connectivity index (χ0) is 10.8. The molecule has 0 bridgehead atoms. The van der Waals surface area contributed by atoms with E-state index in [-0.39, 0.29) is 6.04 Å². The summed E-state index contributed by atoms with van der Waals surface area (Å²) >= 11 is 10.9. The number of aromatic nitrogens is 1. The van der Waals surface area contributed by atoms with Crippen LogP contribution in [-0.4, -0.2) is 4.98 Å². The van der Waals surface area contributed by atoms with Crippen LogP contribution in [0, 0.1) is 0 Å². The third-order valence-electron chi connectivity index (χ3n) is 2.00. The molecule has 1 atom stereocenters. The van der Waals surface area contributed by atoms with Crippen molar-refractivity contribution in [1.29, 1.82) is 0 Å². The fraction of sp³-hybridized carbons (Fsp3) is 0.100. The average molecular weight is 304 g/mol. The maximum atomic E-state index is 6.06. The summed E-state index contributed by atoms with van der Waals surface area (Å²) in [5.41, 5.74) is 6.88. The molecule has 2 aromatic heterocycles. The lowest BCUT2D eigenvalue weighted by atomic mass is 10.1. The van der Waals surface area contributed by atoms with Gasteiger partial charge in [-0.3, -0.25) is 4.98 Å². The van der Waals surface area contributed by atoms with E-state index in [0.29, 0.717) is 5.02 Å². The molecule has 78 valence electrons. The van der Waals surface area contributed by atoms with E-state index in [1.165, 1.54) is 0 Å². The van der Waals surface area contributed by atoms with Crippen molar-refractivity contribution in [1.82, 2.24) is 4.98 Å². The van der Waals surface area contributed by atoms with Crippen LogP contribution in [0.2, 0.25) is 5.02 Å². The molecular weight excluding hydrogens is 296 g/mol. The van der Waals surface area contributed by atoms with E-state index < -0.39 is 0 Å². The second-order valence-corrected chi connectivity index (χ2v) is 5.28. The van der Waals surface area contributed by atoms with Gasteiger partial charge < -0.3 is 5.73 Å². The van der Waals surface area contributed by atoms with E-state index in [4.69, 9.17) is 17.3 Å². The largest absolute Gasteiger partial charge is 0.318 e. The van der Waals surface area contributed by atoms with Crippen LogP contribution in [-0.2, 0) is 0 Å². The standard InChI is InChI=1S/C10H8BrClN2S/c11-6-1-2-8(14-5-6)9(13)10-7(12)3-4-15-10/h1-5,9H,13H2. The van der Waals surface area contributed by atoms with Gasteiger partial charge in [-0.25, -0.2) is 0 Å². The Kier molecular flexibility index (Phi) is 3.41. The first-order valence-electron chi connectivity index (χ1n) is 4.28. The van der Waals surface area contributed by atoms with Gasteiger partial charge >= 0.3 is 0 Å². The van der Waals surface area contributed by atoms with Crippen LogP contribution in [0.4, 0.5) is 0 Å². The van der Waals surface area contributed by atoms with Gasteiger partial charge in [0.05, 0.1) is 16.8 Å². The Hall–Kier alpha value is -0.420. The van der Waals surface area contributed by atoms with Gasteiger partial charge in [0.1, 0.15) is 0 Å². The normalized spacial score (nSPS) is 12.7. The molecule has 0 aliphatic carbocycles. The maximum Gasteiger partial charge on any atom is 0.0835 e. The van der Waals surface area contributed by atoms with Crippen molar-refractivity contribution >= 4 is 38.9 Å². The van der Waals surface area contributed by atoms with E-state index in [0.717, 1.165) is 15.0 Å². The number of nitrogens with zero attached hydrogens (tertiary/aromatic N) is 1. The smallest absolute Gasteiger partial charge is 0.0835 e. The Balaban J connectivity index is 2.32. The first kappa shape index (κ1) is 11.1. The highest BCUT2D eigenvalue weighted by Crippen LogP contribution is 2.30. The third-order valence-corrected chi connectivity index (χ3v) is 3.91. The molecule has 0 radical (unpaired) electrons. The van der Waals surface area contributed by atoms with Gasteiger partial charge in [0.25, 0.3) is 0 Å². The van der Waals surface area contributed by atoms with Gasteiger partial charge in [-0.05, 0) is 39.5 Å². The van der Waals surface area contributed by atoms with Gasteiger partial charge in [-0.1, -0.05) is 11.6 Å². The fourth-order valence-electron chi connectivity index (χ4n) is 1.23. The summed E-state index contributed by atoms with van der Waals surface area (Å²) in [4.78, 5) is 5.20. The highest BCUT2D eigenvalue weighted by molar-refractivity contribution is 9.10. The monoisotopic (exact) mass is 302 g/mol. The summed E-state index contributed by atoms with van der Waals surface area (Å²) in [7, 11) is 0. The lowest BCUT2D eigenvalue weighted by Crippen LogP contribution is -2.12. The van der Waals surface area contributed by atoms with Crippen molar-refractivity contribution in [3.63, 3.8) is 0 Å². The van der Waals surface area contributed by atoms with E-state index in [2.05, 4.69) is 20.9 Å². The molecule has 0 aromatic carbocycles. The zero-order valence-electron chi connectivity index (χ0n) is 7.65. The molecule has 5 heteroatoms. The first-order valence-corrected chi connectivity index (χ1v) is 6.33. The Bertz CT molecular complexity index is 455. The summed E-state index contributed by atoms with van der Waals surface area (Å²) in [6.07, 6.45) is 1.73. The number of pyridine rings is 1. The van der Waals surface area contributed by atoms with Crippen molar-refractivity contribution in [2.75, 3.05) is 0 Å². The second kappa shape index (κ2) is 4.61. The lowest BCUT2D eigenvalue weighted by molar-refractivity contribution is 0.846. The molecule has 2 nitrogen and oxygen atoms in total. The molecule has 15 heavy (non-hydrogen) atoms. The summed E-state index contributed by atoms with van der Waals surface area (Å²) < 4.78 is 0.940.